The van der Waals surface area contributed by atoms with Gasteiger partial charge in [0.15, 0.2) is 5.65 Å². The molecule has 4 heterocycles. The van der Waals surface area contributed by atoms with Gasteiger partial charge in [-0.3, -0.25) is 9.78 Å². The molecule has 0 bridgehead atoms. The molecule has 31 heavy (non-hydrogen) atoms. The molecule has 0 radical (unpaired) electrons. The van der Waals surface area contributed by atoms with Gasteiger partial charge in [-0.2, -0.15) is 5.10 Å². The summed E-state index contributed by atoms with van der Waals surface area (Å²) < 4.78 is 14.9. The number of nitrogens with zero attached hydrogens (tertiary/aromatic N) is 5. The van der Waals surface area contributed by atoms with Crippen LogP contribution in [0, 0.1) is 12.8 Å². The number of halogens is 1. The lowest BCUT2D eigenvalue weighted by Gasteiger charge is -2.12. The second-order valence-corrected chi connectivity index (χ2v) is 8.12. The maximum Gasteiger partial charge on any atom is 0.231 e. The van der Waals surface area contributed by atoms with Gasteiger partial charge in [-0.25, -0.2) is 18.9 Å². The van der Waals surface area contributed by atoms with Crippen LogP contribution in [0.3, 0.4) is 0 Å². The summed E-state index contributed by atoms with van der Waals surface area (Å²) in [5, 5.41) is 7.94. The molecule has 158 valence electrons. The minimum absolute atomic E-state index is 0.278. The first-order valence-corrected chi connectivity index (χ1v) is 10.6. The van der Waals surface area contributed by atoms with Crippen molar-refractivity contribution in [2.24, 2.45) is 5.92 Å². The summed E-state index contributed by atoms with van der Waals surface area (Å²) in [6.07, 6.45) is 7.56. The lowest BCUT2D eigenvalue weighted by Crippen LogP contribution is -2.16. The van der Waals surface area contributed by atoms with E-state index in [1.807, 2.05) is 12.3 Å². The summed E-state index contributed by atoms with van der Waals surface area (Å²) >= 11 is 0. The smallest absolute Gasteiger partial charge is 0.231 e. The second-order valence-electron chi connectivity index (χ2n) is 8.12. The fourth-order valence-corrected chi connectivity index (χ4v) is 3.88. The second kappa shape index (κ2) is 7.68. The Bertz CT molecular complexity index is 1300. The van der Waals surface area contributed by atoms with Crippen LogP contribution in [0.4, 0.5) is 10.2 Å². The maximum atomic E-state index is 13.2. The number of anilines is 1. The first kappa shape index (κ1) is 19.5. The minimum atomic E-state index is -1.05. The van der Waals surface area contributed by atoms with Crippen LogP contribution >= 0.6 is 0 Å². The third kappa shape index (κ3) is 3.62. The SMILES string of the molecule is CCCCc1cc(C)c(-c2cc3cnc(NC(=O)C4CC4F)cc3n3ncnc23)cn1. The summed E-state index contributed by atoms with van der Waals surface area (Å²) in [5.74, 6) is -0.531. The molecule has 1 amide bonds. The molecule has 5 rings (SSSR count). The molecule has 1 saturated carbocycles. The number of aryl methyl sites for hydroxylation is 2. The highest BCUT2D eigenvalue weighted by Crippen LogP contribution is 2.35. The Morgan fingerprint density at radius 3 is 2.77 bits per heavy atom. The van der Waals surface area contributed by atoms with Gasteiger partial charge < -0.3 is 5.32 Å². The molecule has 4 aromatic heterocycles. The molecular formula is C23H23FN6O. The van der Waals surface area contributed by atoms with Crippen molar-refractivity contribution in [1.82, 2.24) is 24.6 Å². The average molecular weight is 418 g/mol. The van der Waals surface area contributed by atoms with E-state index in [1.54, 1.807) is 16.8 Å². The van der Waals surface area contributed by atoms with E-state index in [-0.39, 0.29) is 12.3 Å². The van der Waals surface area contributed by atoms with E-state index in [2.05, 4.69) is 45.3 Å². The first-order chi connectivity index (χ1) is 15.0. The third-order valence-corrected chi connectivity index (χ3v) is 5.77. The zero-order valence-electron chi connectivity index (χ0n) is 17.5. The summed E-state index contributed by atoms with van der Waals surface area (Å²) in [7, 11) is 0. The summed E-state index contributed by atoms with van der Waals surface area (Å²) in [6.45, 7) is 4.25. The predicted octanol–water partition coefficient (Wildman–Crippen LogP) is 4.29. The summed E-state index contributed by atoms with van der Waals surface area (Å²) in [6, 6.07) is 5.90. The van der Waals surface area contributed by atoms with Gasteiger partial charge in [0.1, 0.15) is 18.3 Å². The Hall–Kier alpha value is -3.42. The van der Waals surface area contributed by atoms with Gasteiger partial charge in [-0.1, -0.05) is 13.3 Å². The Morgan fingerprint density at radius 1 is 1.19 bits per heavy atom. The van der Waals surface area contributed by atoms with E-state index in [0.717, 1.165) is 52.5 Å². The number of fused-ring (bicyclic) bond motifs is 3. The van der Waals surface area contributed by atoms with Gasteiger partial charge in [0.2, 0.25) is 5.91 Å². The van der Waals surface area contributed by atoms with Crippen molar-refractivity contribution >= 4 is 28.3 Å². The van der Waals surface area contributed by atoms with Crippen LogP contribution in [-0.4, -0.2) is 36.6 Å². The van der Waals surface area contributed by atoms with E-state index in [1.165, 1.54) is 6.33 Å². The van der Waals surface area contributed by atoms with Gasteiger partial charge in [0.05, 0.1) is 11.4 Å². The fraction of sp³-hybridized carbons (Fsp3) is 0.348. The van der Waals surface area contributed by atoms with Crippen LogP contribution in [0.1, 0.15) is 37.4 Å². The normalized spacial score (nSPS) is 17.9. The van der Waals surface area contributed by atoms with E-state index in [9.17, 15) is 9.18 Å². The maximum absolute atomic E-state index is 13.2. The molecule has 8 heteroatoms. The predicted molar refractivity (Wildman–Crippen MR) is 117 cm³/mol. The Balaban J connectivity index is 1.55. The van der Waals surface area contributed by atoms with Gasteiger partial charge in [-0.05, 0) is 43.9 Å². The highest BCUT2D eigenvalue weighted by Gasteiger charge is 2.43. The number of unbranched alkanes of at least 4 members (excludes halogenated alkanes) is 1. The number of hydrogen-bond acceptors (Lipinski definition) is 5. The van der Waals surface area contributed by atoms with Crippen LogP contribution in [0.2, 0.25) is 0 Å². The van der Waals surface area contributed by atoms with Crippen molar-refractivity contribution < 1.29 is 9.18 Å². The number of amides is 1. The Morgan fingerprint density at radius 2 is 2.03 bits per heavy atom. The number of carbonyl (C=O) groups is 1. The molecule has 1 N–H and O–H groups in total. The number of nitrogens with one attached hydrogen (secondary N) is 1. The van der Waals surface area contributed by atoms with Crippen molar-refractivity contribution in [3.63, 3.8) is 0 Å². The van der Waals surface area contributed by atoms with Crippen molar-refractivity contribution in [3.05, 3.63) is 48.2 Å². The molecular weight excluding hydrogens is 395 g/mol. The van der Waals surface area contributed by atoms with Gasteiger partial charge in [0, 0.05) is 40.7 Å². The quantitative estimate of drug-likeness (QED) is 0.505. The molecule has 0 aromatic carbocycles. The topological polar surface area (TPSA) is 85.1 Å². The highest BCUT2D eigenvalue weighted by molar-refractivity contribution is 5.97. The number of hydrogen-bond donors (Lipinski definition) is 1. The van der Waals surface area contributed by atoms with Crippen molar-refractivity contribution in [3.8, 4) is 11.1 Å². The van der Waals surface area contributed by atoms with E-state index in [0.29, 0.717) is 11.5 Å². The number of alkyl halides is 1. The van der Waals surface area contributed by atoms with Crippen molar-refractivity contribution in [2.45, 2.75) is 45.7 Å². The number of aromatic nitrogens is 5. The zero-order chi connectivity index (χ0) is 21.5. The lowest BCUT2D eigenvalue weighted by molar-refractivity contribution is -0.117. The monoisotopic (exact) mass is 418 g/mol. The Kier molecular flexibility index (Phi) is 4.84. The van der Waals surface area contributed by atoms with Gasteiger partial charge in [0.25, 0.3) is 0 Å². The molecule has 2 atom stereocenters. The van der Waals surface area contributed by atoms with Crippen molar-refractivity contribution in [1.29, 1.82) is 0 Å². The molecule has 1 aliphatic rings. The standard InChI is InChI=1S/C23H23FN6O/c1-3-4-5-15-6-13(2)18(11-25-15)16-7-14-10-26-21(29-23(31)17-8-19(17)24)9-20(14)30-22(16)27-12-28-30/h6-7,9-12,17,19H,3-5,8H2,1-2H3,(H,26,29,31). The van der Waals surface area contributed by atoms with Crippen molar-refractivity contribution in [2.75, 3.05) is 5.32 Å². The van der Waals surface area contributed by atoms with Crippen LogP contribution in [0.25, 0.3) is 27.7 Å². The van der Waals surface area contributed by atoms with Gasteiger partial charge in [-0.15, -0.1) is 0 Å². The zero-order valence-corrected chi connectivity index (χ0v) is 17.5. The number of rotatable bonds is 6. The molecule has 0 spiro atoms. The van der Waals surface area contributed by atoms with E-state index >= 15 is 0 Å². The minimum Gasteiger partial charge on any atom is -0.310 e. The largest absolute Gasteiger partial charge is 0.310 e. The first-order valence-electron chi connectivity index (χ1n) is 10.6. The average Bonchev–Trinajstić information content (AvgIpc) is 3.29. The van der Waals surface area contributed by atoms with Crippen LogP contribution in [0.15, 0.2) is 36.9 Å². The molecule has 0 saturated heterocycles. The van der Waals surface area contributed by atoms with E-state index in [4.69, 9.17) is 0 Å². The molecule has 2 unspecified atom stereocenters. The fourth-order valence-electron chi connectivity index (χ4n) is 3.88. The Labute approximate surface area is 178 Å². The summed E-state index contributed by atoms with van der Waals surface area (Å²) in [4.78, 5) is 25.5. The lowest BCUT2D eigenvalue weighted by atomic mass is 10.0. The molecule has 4 aromatic rings. The number of pyridine rings is 3. The molecule has 1 fully saturated rings. The van der Waals surface area contributed by atoms with Crippen LogP contribution < -0.4 is 5.32 Å². The number of carbonyl (C=O) groups excluding carboxylic acids is 1. The molecule has 1 aliphatic carbocycles. The van der Waals surface area contributed by atoms with E-state index < -0.39 is 12.1 Å². The van der Waals surface area contributed by atoms with Gasteiger partial charge >= 0.3 is 0 Å². The summed E-state index contributed by atoms with van der Waals surface area (Å²) in [5.41, 5.74) is 5.61. The molecule has 7 nitrogen and oxygen atoms in total. The third-order valence-electron chi connectivity index (χ3n) is 5.77. The molecule has 0 aliphatic heterocycles. The highest BCUT2D eigenvalue weighted by atomic mass is 19.1. The van der Waals surface area contributed by atoms with Crippen LogP contribution in [0.5, 0.6) is 0 Å². The van der Waals surface area contributed by atoms with Crippen LogP contribution in [-0.2, 0) is 11.2 Å².